The summed E-state index contributed by atoms with van der Waals surface area (Å²) >= 11 is 0. The molecular weight excluding hydrogens is 269 g/mol. The Balaban J connectivity index is 2.00. The van der Waals surface area contributed by atoms with Crippen molar-refractivity contribution in [2.75, 3.05) is 31.1 Å². The fourth-order valence-electron chi connectivity index (χ4n) is 2.85. The number of piperazine rings is 1. The van der Waals surface area contributed by atoms with Crippen LogP contribution in [0.15, 0.2) is 24.5 Å². The Kier molecular flexibility index (Phi) is 2.78. The van der Waals surface area contributed by atoms with Crippen LogP contribution in [-0.4, -0.2) is 40.5 Å². The highest BCUT2D eigenvalue weighted by atomic mass is 19.1. The Morgan fingerprint density at radius 3 is 2.86 bits per heavy atom. The summed E-state index contributed by atoms with van der Waals surface area (Å²) in [7, 11) is 0. The van der Waals surface area contributed by atoms with Gasteiger partial charge >= 0.3 is 0 Å². The topological polar surface area (TPSA) is 45.5 Å². The van der Waals surface area contributed by atoms with E-state index in [1.807, 2.05) is 16.7 Å². The number of benzene rings is 1. The van der Waals surface area contributed by atoms with Crippen molar-refractivity contribution in [2.45, 2.75) is 6.92 Å². The van der Waals surface area contributed by atoms with Crippen LogP contribution >= 0.6 is 0 Å². The number of nitrogens with zero attached hydrogens (tertiary/aromatic N) is 4. The van der Waals surface area contributed by atoms with Gasteiger partial charge in [0, 0.05) is 44.6 Å². The molecule has 1 aliphatic heterocycles. The van der Waals surface area contributed by atoms with Crippen molar-refractivity contribution < 1.29 is 4.39 Å². The largest absolute Gasteiger partial charge is 0.351 e. The molecule has 4 rings (SSSR count). The van der Waals surface area contributed by atoms with Gasteiger partial charge in [-0.25, -0.2) is 14.4 Å². The normalized spacial score (nSPS) is 16.0. The molecule has 0 amide bonds. The van der Waals surface area contributed by atoms with E-state index in [9.17, 15) is 4.39 Å². The van der Waals surface area contributed by atoms with E-state index in [0.29, 0.717) is 11.1 Å². The SMILES string of the molecule is Cc1cc2c(cc1F)nc(N1CCNCC1)c1nccn12. The van der Waals surface area contributed by atoms with Crippen molar-refractivity contribution in [2.24, 2.45) is 0 Å². The zero-order valence-electron chi connectivity index (χ0n) is 11.8. The molecule has 3 aromatic rings. The molecule has 0 spiro atoms. The number of aryl methyl sites for hydroxylation is 1. The van der Waals surface area contributed by atoms with Crippen molar-refractivity contribution in [1.82, 2.24) is 19.7 Å². The third-order valence-corrected chi connectivity index (χ3v) is 4.00. The molecule has 108 valence electrons. The predicted octanol–water partition coefficient (Wildman–Crippen LogP) is 1.74. The van der Waals surface area contributed by atoms with Gasteiger partial charge in [0.1, 0.15) is 5.82 Å². The number of halogens is 1. The predicted molar refractivity (Wildman–Crippen MR) is 80.3 cm³/mol. The summed E-state index contributed by atoms with van der Waals surface area (Å²) in [6.45, 7) is 5.39. The minimum atomic E-state index is -0.222. The van der Waals surface area contributed by atoms with Crippen LogP contribution in [0.3, 0.4) is 0 Å². The maximum absolute atomic E-state index is 13.9. The van der Waals surface area contributed by atoms with Gasteiger partial charge in [0.25, 0.3) is 0 Å². The molecule has 0 saturated carbocycles. The van der Waals surface area contributed by atoms with E-state index < -0.39 is 0 Å². The van der Waals surface area contributed by atoms with E-state index >= 15 is 0 Å². The number of hydrogen-bond donors (Lipinski definition) is 1. The van der Waals surface area contributed by atoms with Gasteiger partial charge in [0.15, 0.2) is 11.5 Å². The quantitative estimate of drug-likeness (QED) is 0.740. The second-order valence-corrected chi connectivity index (χ2v) is 5.38. The van der Waals surface area contributed by atoms with E-state index in [-0.39, 0.29) is 5.82 Å². The fourth-order valence-corrected chi connectivity index (χ4v) is 2.85. The lowest BCUT2D eigenvalue weighted by Gasteiger charge is -2.28. The molecule has 0 atom stereocenters. The van der Waals surface area contributed by atoms with Crippen LogP contribution in [0, 0.1) is 12.7 Å². The lowest BCUT2D eigenvalue weighted by Crippen LogP contribution is -2.44. The Hall–Kier alpha value is -2.21. The van der Waals surface area contributed by atoms with Crippen LogP contribution in [0.5, 0.6) is 0 Å². The zero-order valence-corrected chi connectivity index (χ0v) is 11.8. The van der Waals surface area contributed by atoms with Crippen LogP contribution in [0.1, 0.15) is 5.56 Å². The van der Waals surface area contributed by atoms with E-state index in [2.05, 4.69) is 20.2 Å². The van der Waals surface area contributed by atoms with Gasteiger partial charge < -0.3 is 10.2 Å². The highest BCUT2D eigenvalue weighted by Crippen LogP contribution is 2.25. The van der Waals surface area contributed by atoms with Crippen molar-refractivity contribution in [3.05, 3.63) is 35.9 Å². The number of imidazole rings is 1. The minimum absolute atomic E-state index is 0.222. The summed E-state index contributed by atoms with van der Waals surface area (Å²) in [6.07, 6.45) is 3.67. The molecular formula is C15H16FN5. The molecule has 0 bridgehead atoms. The highest BCUT2D eigenvalue weighted by molar-refractivity contribution is 5.83. The number of anilines is 1. The molecule has 5 nitrogen and oxygen atoms in total. The average molecular weight is 285 g/mol. The molecule has 1 aromatic carbocycles. The fraction of sp³-hybridized carbons (Fsp3) is 0.333. The first-order valence-electron chi connectivity index (χ1n) is 7.12. The summed E-state index contributed by atoms with van der Waals surface area (Å²) in [6, 6.07) is 3.34. The summed E-state index contributed by atoms with van der Waals surface area (Å²) < 4.78 is 15.9. The van der Waals surface area contributed by atoms with Crippen molar-refractivity contribution in [3.63, 3.8) is 0 Å². The van der Waals surface area contributed by atoms with Gasteiger partial charge in [0.05, 0.1) is 11.0 Å². The molecule has 6 heteroatoms. The number of hydrogen-bond acceptors (Lipinski definition) is 4. The third-order valence-electron chi connectivity index (χ3n) is 4.00. The Labute approximate surface area is 121 Å². The molecule has 0 unspecified atom stereocenters. The summed E-state index contributed by atoms with van der Waals surface area (Å²) in [5, 5.41) is 3.32. The highest BCUT2D eigenvalue weighted by Gasteiger charge is 2.18. The number of fused-ring (bicyclic) bond motifs is 3. The van der Waals surface area contributed by atoms with E-state index in [0.717, 1.165) is 43.2 Å². The van der Waals surface area contributed by atoms with Crippen LogP contribution < -0.4 is 10.2 Å². The molecule has 1 aliphatic rings. The standard InChI is InChI=1S/C15H16FN5/c1-10-8-13-12(9-11(10)16)19-15(14-18-4-7-21(13)14)20-5-2-17-3-6-20/h4,7-9,17H,2-3,5-6H2,1H3. The second-order valence-electron chi connectivity index (χ2n) is 5.38. The first kappa shape index (κ1) is 12.5. The number of rotatable bonds is 1. The summed E-state index contributed by atoms with van der Waals surface area (Å²) in [5.74, 6) is 0.609. The van der Waals surface area contributed by atoms with Crippen LogP contribution in [0.25, 0.3) is 16.7 Å². The van der Waals surface area contributed by atoms with Gasteiger partial charge in [0.2, 0.25) is 0 Å². The summed E-state index contributed by atoms with van der Waals surface area (Å²) in [5.41, 5.74) is 3.00. The van der Waals surface area contributed by atoms with Crippen molar-refractivity contribution in [3.8, 4) is 0 Å². The van der Waals surface area contributed by atoms with Gasteiger partial charge in [-0.15, -0.1) is 0 Å². The Morgan fingerprint density at radius 1 is 1.24 bits per heavy atom. The van der Waals surface area contributed by atoms with Gasteiger partial charge in [-0.3, -0.25) is 4.40 Å². The molecule has 1 saturated heterocycles. The molecule has 0 radical (unpaired) electrons. The molecule has 1 fully saturated rings. The van der Waals surface area contributed by atoms with Gasteiger partial charge in [-0.2, -0.15) is 0 Å². The molecule has 1 N–H and O–H groups in total. The van der Waals surface area contributed by atoms with Crippen LogP contribution in [0.4, 0.5) is 10.2 Å². The number of aromatic nitrogens is 3. The maximum atomic E-state index is 13.9. The lowest BCUT2D eigenvalue weighted by atomic mass is 10.2. The second kappa shape index (κ2) is 4.66. The van der Waals surface area contributed by atoms with Crippen LogP contribution in [0.2, 0.25) is 0 Å². The molecule has 2 aromatic heterocycles. The number of nitrogens with one attached hydrogen (secondary N) is 1. The zero-order chi connectivity index (χ0) is 14.4. The first-order valence-corrected chi connectivity index (χ1v) is 7.12. The van der Waals surface area contributed by atoms with Crippen LogP contribution in [-0.2, 0) is 0 Å². The van der Waals surface area contributed by atoms with E-state index in [1.54, 1.807) is 13.1 Å². The smallest absolute Gasteiger partial charge is 0.180 e. The third kappa shape index (κ3) is 1.94. The van der Waals surface area contributed by atoms with Crippen molar-refractivity contribution in [1.29, 1.82) is 0 Å². The first-order chi connectivity index (χ1) is 10.2. The van der Waals surface area contributed by atoms with E-state index in [1.165, 1.54) is 6.07 Å². The Morgan fingerprint density at radius 2 is 2.05 bits per heavy atom. The molecule has 3 heterocycles. The lowest BCUT2D eigenvalue weighted by molar-refractivity contribution is 0.585. The van der Waals surface area contributed by atoms with Gasteiger partial charge in [-0.1, -0.05) is 0 Å². The molecule has 0 aliphatic carbocycles. The monoisotopic (exact) mass is 285 g/mol. The van der Waals surface area contributed by atoms with Crippen molar-refractivity contribution >= 4 is 22.5 Å². The van der Waals surface area contributed by atoms with Gasteiger partial charge in [-0.05, 0) is 18.6 Å². The molecule has 21 heavy (non-hydrogen) atoms. The maximum Gasteiger partial charge on any atom is 0.180 e. The average Bonchev–Trinajstić information content (AvgIpc) is 2.99. The summed E-state index contributed by atoms with van der Waals surface area (Å²) in [4.78, 5) is 11.3. The minimum Gasteiger partial charge on any atom is -0.351 e. The van der Waals surface area contributed by atoms with E-state index in [4.69, 9.17) is 0 Å². The Bertz CT molecular complexity index is 820.